The predicted octanol–water partition coefficient (Wildman–Crippen LogP) is 1.57. The fourth-order valence-electron chi connectivity index (χ4n) is 3.46. The van der Waals surface area contributed by atoms with Gasteiger partial charge in [-0.05, 0) is 56.8 Å². The third-order valence-corrected chi connectivity index (χ3v) is 4.93. The topological polar surface area (TPSA) is 82.6 Å². The van der Waals surface area contributed by atoms with E-state index >= 15 is 0 Å². The van der Waals surface area contributed by atoms with Crippen LogP contribution in [0, 0.1) is 6.92 Å². The number of likely N-dealkylation sites (N-methyl/N-ethyl adjacent to an activating group) is 1. The second-order valence-electron chi connectivity index (χ2n) is 6.77. The van der Waals surface area contributed by atoms with Crippen LogP contribution in [0.25, 0.3) is 0 Å². The van der Waals surface area contributed by atoms with Crippen molar-refractivity contribution < 1.29 is 19.4 Å². The molecule has 1 atom stereocenters. The Morgan fingerprint density at radius 2 is 2.08 bits per heavy atom. The van der Waals surface area contributed by atoms with Crippen molar-refractivity contribution in [2.75, 3.05) is 14.1 Å². The van der Waals surface area contributed by atoms with Crippen molar-refractivity contribution in [1.82, 2.24) is 9.88 Å². The van der Waals surface area contributed by atoms with Gasteiger partial charge in [0.05, 0.1) is 11.5 Å². The molecule has 0 fully saturated rings. The van der Waals surface area contributed by atoms with Gasteiger partial charge in [0.1, 0.15) is 12.0 Å². The summed E-state index contributed by atoms with van der Waals surface area (Å²) >= 11 is 0. The number of hydrogen-bond acceptors (Lipinski definition) is 6. The smallest absolute Gasteiger partial charge is 0.223 e. The number of nitrogens with zero attached hydrogens (tertiary/aromatic N) is 2. The second-order valence-corrected chi connectivity index (χ2v) is 6.77. The Kier molecular flexibility index (Phi) is 4.78. The predicted molar refractivity (Wildman–Crippen MR) is 94.0 cm³/mol. The number of carboxylic acids is 1. The summed E-state index contributed by atoms with van der Waals surface area (Å²) in [5.74, 6) is 0.0319. The Morgan fingerprint density at radius 3 is 2.73 bits per heavy atom. The number of ether oxygens (including phenoxy) is 1. The average molecular weight is 353 g/mol. The van der Waals surface area contributed by atoms with E-state index in [9.17, 15) is 14.7 Å². The summed E-state index contributed by atoms with van der Waals surface area (Å²) in [5.41, 5.74) is 1.93. The van der Waals surface area contributed by atoms with Crippen molar-refractivity contribution in [3.63, 3.8) is 0 Å². The highest BCUT2D eigenvalue weighted by atomic mass is 16.5. The molecule has 0 amide bonds. The number of pyridine rings is 1. The van der Waals surface area contributed by atoms with Crippen LogP contribution >= 0.6 is 0 Å². The number of hydrogen-bond donors (Lipinski definition) is 0. The van der Waals surface area contributed by atoms with E-state index in [-0.39, 0.29) is 12.8 Å². The molecule has 26 heavy (non-hydrogen) atoms. The minimum atomic E-state index is -1.37. The molecule has 0 spiro atoms. The van der Waals surface area contributed by atoms with Crippen LogP contribution in [0.1, 0.15) is 35.2 Å². The number of aldehydes is 1. The quantitative estimate of drug-likeness (QED) is 0.626. The SMILES string of the molecule is Cc1ccc2c(n1)Oc1ccc([C@](CCC=O)(C(=O)[O-])N(C)C)cc1C2. The zero-order chi connectivity index (χ0) is 18.9. The average Bonchev–Trinajstić information content (AvgIpc) is 2.60. The zero-order valence-corrected chi connectivity index (χ0v) is 15.1. The first kappa shape index (κ1) is 18.1. The molecule has 0 aliphatic carbocycles. The summed E-state index contributed by atoms with van der Waals surface area (Å²) in [5, 5.41) is 12.1. The fourth-order valence-corrected chi connectivity index (χ4v) is 3.46. The van der Waals surface area contributed by atoms with E-state index in [1.54, 1.807) is 31.1 Å². The van der Waals surface area contributed by atoms with Crippen molar-refractivity contribution in [2.45, 2.75) is 31.7 Å². The molecule has 6 heteroatoms. The van der Waals surface area contributed by atoms with Gasteiger partial charge in [-0.2, -0.15) is 0 Å². The molecule has 1 aromatic heterocycles. The van der Waals surface area contributed by atoms with Crippen LogP contribution in [0.2, 0.25) is 0 Å². The molecule has 0 bridgehead atoms. The Bertz CT molecular complexity index is 863. The maximum Gasteiger partial charge on any atom is 0.223 e. The third kappa shape index (κ3) is 2.97. The van der Waals surface area contributed by atoms with Gasteiger partial charge in [0.2, 0.25) is 5.88 Å². The monoisotopic (exact) mass is 353 g/mol. The van der Waals surface area contributed by atoms with Crippen LogP contribution in [0.15, 0.2) is 30.3 Å². The molecule has 0 N–H and O–H groups in total. The van der Waals surface area contributed by atoms with E-state index in [4.69, 9.17) is 4.74 Å². The number of aromatic nitrogens is 1. The molecule has 0 unspecified atom stereocenters. The highest BCUT2D eigenvalue weighted by molar-refractivity contribution is 5.79. The number of carbonyl (C=O) groups excluding carboxylic acids is 2. The maximum atomic E-state index is 12.1. The Hall–Kier alpha value is -2.73. The van der Waals surface area contributed by atoms with Gasteiger partial charge in [0, 0.05) is 24.1 Å². The Labute approximate surface area is 152 Å². The van der Waals surface area contributed by atoms with Crippen molar-refractivity contribution in [2.24, 2.45) is 0 Å². The molecule has 6 nitrogen and oxygen atoms in total. The first-order chi connectivity index (χ1) is 12.4. The minimum Gasteiger partial charge on any atom is -0.548 e. The summed E-state index contributed by atoms with van der Waals surface area (Å²) in [7, 11) is 3.36. The molecule has 1 aromatic carbocycles. The molecule has 136 valence electrons. The van der Waals surface area contributed by atoms with Crippen molar-refractivity contribution >= 4 is 12.3 Å². The summed E-state index contributed by atoms with van der Waals surface area (Å²) in [6.45, 7) is 1.90. The largest absolute Gasteiger partial charge is 0.548 e. The summed E-state index contributed by atoms with van der Waals surface area (Å²) in [4.78, 5) is 28.9. The first-order valence-corrected chi connectivity index (χ1v) is 8.49. The standard InChI is InChI=1S/C20H22N2O4/c1-13-5-6-14-11-15-12-16(7-8-17(15)26-18(14)21-13)20(19(24)25,22(2)3)9-4-10-23/h5-8,10,12H,4,9,11H2,1-3H3,(H,24,25)/p-1/t20-/m1/s1. The van der Waals surface area contributed by atoms with Crippen LogP contribution < -0.4 is 9.84 Å². The molecule has 0 saturated carbocycles. The lowest BCUT2D eigenvalue weighted by Crippen LogP contribution is -2.55. The van der Waals surface area contributed by atoms with Gasteiger partial charge >= 0.3 is 0 Å². The van der Waals surface area contributed by atoms with Gasteiger partial charge in [0.15, 0.2) is 0 Å². The molecule has 0 saturated heterocycles. The molecule has 0 radical (unpaired) electrons. The zero-order valence-electron chi connectivity index (χ0n) is 15.1. The van der Waals surface area contributed by atoms with Crippen molar-refractivity contribution in [3.05, 3.63) is 52.7 Å². The van der Waals surface area contributed by atoms with Gasteiger partial charge in [-0.15, -0.1) is 0 Å². The highest BCUT2D eigenvalue weighted by Gasteiger charge is 2.37. The van der Waals surface area contributed by atoms with Crippen molar-refractivity contribution in [1.29, 1.82) is 0 Å². The van der Waals surface area contributed by atoms with Crippen LogP contribution in [-0.4, -0.2) is 36.2 Å². The number of benzene rings is 1. The fraction of sp³-hybridized carbons (Fsp3) is 0.350. The molecule has 1 aliphatic rings. The number of aryl methyl sites for hydroxylation is 1. The molecule has 3 rings (SSSR count). The van der Waals surface area contributed by atoms with Crippen LogP contribution in [0.4, 0.5) is 0 Å². The van der Waals surface area contributed by atoms with Crippen LogP contribution in [0.3, 0.4) is 0 Å². The third-order valence-electron chi connectivity index (χ3n) is 4.93. The summed E-state index contributed by atoms with van der Waals surface area (Å²) < 4.78 is 5.88. The number of carbonyl (C=O) groups is 2. The molecule has 1 aliphatic heterocycles. The number of carboxylic acid groups (broad SMARTS) is 1. The Morgan fingerprint density at radius 1 is 1.31 bits per heavy atom. The van der Waals surface area contributed by atoms with Gasteiger partial charge < -0.3 is 19.4 Å². The molecule has 2 heterocycles. The van der Waals surface area contributed by atoms with Gasteiger partial charge in [-0.1, -0.05) is 12.1 Å². The van der Waals surface area contributed by atoms with E-state index in [1.807, 2.05) is 25.1 Å². The summed E-state index contributed by atoms with van der Waals surface area (Å²) in [6.07, 6.45) is 1.61. The molecular weight excluding hydrogens is 332 g/mol. The number of rotatable bonds is 6. The normalized spacial score (nSPS) is 14.8. The van der Waals surface area contributed by atoms with E-state index in [2.05, 4.69) is 4.98 Å². The van der Waals surface area contributed by atoms with Crippen molar-refractivity contribution in [3.8, 4) is 11.6 Å². The van der Waals surface area contributed by atoms with Gasteiger partial charge in [0.25, 0.3) is 0 Å². The number of fused-ring (bicyclic) bond motifs is 2. The minimum absolute atomic E-state index is 0.131. The Balaban J connectivity index is 2.05. The van der Waals surface area contributed by atoms with Crippen LogP contribution in [-0.2, 0) is 21.5 Å². The van der Waals surface area contributed by atoms with Gasteiger partial charge in [-0.25, -0.2) is 4.98 Å². The lowest BCUT2D eigenvalue weighted by molar-refractivity contribution is -0.320. The van der Waals surface area contributed by atoms with E-state index in [0.717, 1.165) is 23.1 Å². The lowest BCUT2D eigenvalue weighted by atomic mass is 9.82. The van der Waals surface area contributed by atoms with E-state index in [0.29, 0.717) is 23.6 Å². The number of aliphatic carboxylic acids is 1. The lowest BCUT2D eigenvalue weighted by Gasteiger charge is -2.41. The molecule has 2 aromatic rings. The van der Waals surface area contributed by atoms with E-state index < -0.39 is 11.5 Å². The van der Waals surface area contributed by atoms with E-state index in [1.165, 1.54) is 0 Å². The second kappa shape index (κ2) is 6.88. The molecular formula is C20H21N2O4-. The summed E-state index contributed by atoms with van der Waals surface area (Å²) in [6, 6.07) is 9.21. The van der Waals surface area contributed by atoms with Gasteiger partial charge in [-0.3, -0.25) is 4.90 Å². The van der Waals surface area contributed by atoms with Crippen LogP contribution in [0.5, 0.6) is 11.6 Å². The highest BCUT2D eigenvalue weighted by Crippen LogP contribution is 2.39. The maximum absolute atomic E-state index is 12.1. The first-order valence-electron chi connectivity index (χ1n) is 8.49.